The number of carbonyl (C=O) groups is 3. The molecule has 0 bridgehead atoms. The number of hydrogen-bond donors (Lipinski definition) is 0. The summed E-state index contributed by atoms with van der Waals surface area (Å²) in [6.07, 6.45) is 75.0. The lowest BCUT2D eigenvalue weighted by Crippen LogP contribution is -2.30. The molecule has 0 amide bonds. The molecule has 0 spiro atoms. The molecule has 0 N–H and O–H groups in total. The number of ether oxygens (including phenoxy) is 3. The van der Waals surface area contributed by atoms with Gasteiger partial charge in [0.1, 0.15) is 13.2 Å². The van der Waals surface area contributed by atoms with E-state index in [9.17, 15) is 14.4 Å². The Morgan fingerprint density at radius 3 is 0.753 bits per heavy atom. The minimum absolute atomic E-state index is 0.0662. The van der Waals surface area contributed by atoms with Crippen LogP contribution in [-0.2, 0) is 28.6 Å². The predicted octanol–water partition coefficient (Wildman–Crippen LogP) is 22.2. The van der Waals surface area contributed by atoms with Crippen molar-refractivity contribution < 1.29 is 28.6 Å². The Labute approximate surface area is 455 Å². The number of unbranched alkanes of at least 4 members (excludes halogenated alkanes) is 46. The molecule has 0 saturated carbocycles. The number of allylic oxidation sites excluding steroid dienone is 4. The predicted molar refractivity (Wildman–Crippen MR) is 316 cm³/mol. The molecule has 0 heterocycles. The maximum Gasteiger partial charge on any atom is 0.306 e. The fourth-order valence-electron chi connectivity index (χ4n) is 10.0. The van der Waals surface area contributed by atoms with Crippen LogP contribution in [0.4, 0.5) is 0 Å². The van der Waals surface area contributed by atoms with E-state index in [1.165, 1.54) is 263 Å². The summed E-state index contributed by atoms with van der Waals surface area (Å²) in [5.41, 5.74) is 0. The zero-order chi connectivity index (χ0) is 52.9. The normalized spacial score (nSPS) is 12.1. The second-order valence-electron chi connectivity index (χ2n) is 22.4. The van der Waals surface area contributed by atoms with E-state index in [1.807, 2.05) is 0 Å². The lowest BCUT2D eigenvalue weighted by Gasteiger charge is -2.18. The summed E-state index contributed by atoms with van der Waals surface area (Å²) in [6, 6.07) is 0. The molecule has 6 heteroatoms. The molecule has 0 fully saturated rings. The van der Waals surface area contributed by atoms with Crippen molar-refractivity contribution in [3.63, 3.8) is 0 Å². The molecule has 0 aromatic rings. The van der Waals surface area contributed by atoms with Gasteiger partial charge >= 0.3 is 17.9 Å². The molecule has 0 saturated heterocycles. The summed E-state index contributed by atoms with van der Waals surface area (Å²) in [6.45, 7) is 6.67. The number of rotatable bonds is 61. The van der Waals surface area contributed by atoms with E-state index in [0.717, 1.165) is 64.2 Å². The number of carbonyl (C=O) groups excluding carboxylic acids is 3. The lowest BCUT2D eigenvalue weighted by atomic mass is 10.0. The van der Waals surface area contributed by atoms with E-state index in [1.54, 1.807) is 0 Å². The molecule has 1 unspecified atom stereocenters. The SMILES string of the molecule is CCCCCCC/C=C\C/C=C\CCCCCCCCCCCCCC(=O)OC(COC(=O)CCCCCCCCCC)COC(=O)CCCCCCCCCCCCCCCCCCCCCCCCCC. The van der Waals surface area contributed by atoms with Gasteiger partial charge in [-0.3, -0.25) is 14.4 Å². The van der Waals surface area contributed by atoms with Crippen LogP contribution in [0.15, 0.2) is 24.3 Å². The van der Waals surface area contributed by atoms with Gasteiger partial charge in [-0.2, -0.15) is 0 Å². The third-order valence-corrected chi connectivity index (χ3v) is 15.0. The van der Waals surface area contributed by atoms with Crippen molar-refractivity contribution in [2.75, 3.05) is 13.2 Å². The zero-order valence-electron chi connectivity index (χ0n) is 49.4. The van der Waals surface area contributed by atoms with Gasteiger partial charge in [0.05, 0.1) is 0 Å². The minimum atomic E-state index is -0.767. The van der Waals surface area contributed by atoms with E-state index in [2.05, 4.69) is 45.1 Å². The van der Waals surface area contributed by atoms with Crippen molar-refractivity contribution in [1.82, 2.24) is 0 Å². The van der Waals surface area contributed by atoms with Crippen molar-refractivity contribution >= 4 is 17.9 Å². The minimum Gasteiger partial charge on any atom is -0.462 e. The van der Waals surface area contributed by atoms with Crippen LogP contribution in [0.1, 0.15) is 367 Å². The van der Waals surface area contributed by atoms with Gasteiger partial charge in [0.25, 0.3) is 0 Å². The summed E-state index contributed by atoms with van der Waals surface area (Å²) in [5, 5.41) is 0. The average molecular weight is 1030 g/mol. The van der Waals surface area contributed by atoms with Crippen LogP contribution < -0.4 is 0 Å². The first kappa shape index (κ1) is 70.9. The van der Waals surface area contributed by atoms with Gasteiger partial charge in [-0.15, -0.1) is 0 Å². The van der Waals surface area contributed by atoms with E-state index in [4.69, 9.17) is 14.2 Å². The molecule has 1 atom stereocenters. The molecule has 0 rings (SSSR count). The molecule has 0 radical (unpaired) electrons. The van der Waals surface area contributed by atoms with Gasteiger partial charge in [0, 0.05) is 19.3 Å². The van der Waals surface area contributed by atoms with Gasteiger partial charge in [-0.25, -0.2) is 0 Å². The Kier molecular flexibility index (Phi) is 60.6. The first-order chi connectivity index (χ1) is 36.0. The molecular formula is C67H126O6. The summed E-state index contributed by atoms with van der Waals surface area (Å²) in [5.74, 6) is -0.847. The van der Waals surface area contributed by atoms with Crippen molar-refractivity contribution in [2.24, 2.45) is 0 Å². The highest BCUT2D eigenvalue weighted by molar-refractivity contribution is 5.71. The lowest BCUT2D eigenvalue weighted by molar-refractivity contribution is -0.167. The Morgan fingerprint density at radius 2 is 0.493 bits per heavy atom. The highest BCUT2D eigenvalue weighted by Gasteiger charge is 2.19. The molecule has 73 heavy (non-hydrogen) atoms. The van der Waals surface area contributed by atoms with Gasteiger partial charge in [0.2, 0.25) is 0 Å². The van der Waals surface area contributed by atoms with Crippen LogP contribution in [-0.4, -0.2) is 37.2 Å². The van der Waals surface area contributed by atoms with Crippen LogP contribution in [0.5, 0.6) is 0 Å². The summed E-state index contributed by atoms with van der Waals surface area (Å²) in [4.78, 5) is 38.1. The summed E-state index contributed by atoms with van der Waals surface area (Å²) >= 11 is 0. The molecule has 6 nitrogen and oxygen atoms in total. The van der Waals surface area contributed by atoms with Gasteiger partial charge in [-0.05, 0) is 51.4 Å². The maximum atomic E-state index is 12.9. The topological polar surface area (TPSA) is 78.9 Å². The maximum absolute atomic E-state index is 12.9. The quantitative estimate of drug-likeness (QED) is 0.0261. The standard InChI is InChI=1S/C67H126O6/c1-4-7-10-13-16-19-21-23-25-27-29-31-33-35-36-38-40-42-44-46-48-51-54-57-60-66(69)72-63-64(62-71-65(68)59-56-53-50-18-15-12-9-6-3)73-67(70)61-58-55-52-49-47-45-43-41-39-37-34-32-30-28-26-24-22-20-17-14-11-8-5-2/h22,24,28,30,64H,4-21,23,25-27,29,31-63H2,1-3H3/b24-22-,30-28-. The van der Waals surface area contributed by atoms with E-state index < -0.39 is 6.10 Å². The molecule has 0 aromatic carbocycles. The summed E-state index contributed by atoms with van der Waals surface area (Å²) in [7, 11) is 0. The second kappa shape index (κ2) is 62.4. The second-order valence-corrected chi connectivity index (χ2v) is 22.4. The van der Waals surface area contributed by atoms with Crippen molar-refractivity contribution in [3.05, 3.63) is 24.3 Å². The highest BCUT2D eigenvalue weighted by atomic mass is 16.6. The Balaban J connectivity index is 4.11. The van der Waals surface area contributed by atoms with Crippen LogP contribution in [0, 0.1) is 0 Å². The number of hydrogen-bond acceptors (Lipinski definition) is 6. The van der Waals surface area contributed by atoms with Gasteiger partial charge < -0.3 is 14.2 Å². The monoisotopic (exact) mass is 1030 g/mol. The fourth-order valence-corrected chi connectivity index (χ4v) is 10.0. The molecular weight excluding hydrogens is 901 g/mol. The Morgan fingerprint density at radius 1 is 0.274 bits per heavy atom. The van der Waals surface area contributed by atoms with Gasteiger partial charge in [0.15, 0.2) is 6.10 Å². The van der Waals surface area contributed by atoms with E-state index in [0.29, 0.717) is 19.3 Å². The molecule has 0 aliphatic rings. The molecule has 0 aromatic heterocycles. The first-order valence-electron chi connectivity index (χ1n) is 32.8. The van der Waals surface area contributed by atoms with Crippen LogP contribution >= 0.6 is 0 Å². The highest BCUT2D eigenvalue weighted by Crippen LogP contribution is 2.18. The van der Waals surface area contributed by atoms with Crippen LogP contribution in [0.2, 0.25) is 0 Å². The van der Waals surface area contributed by atoms with Crippen molar-refractivity contribution in [2.45, 2.75) is 374 Å². The fraction of sp³-hybridized carbons (Fsp3) is 0.896. The largest absolute Gasteiger partial charge is 0.462 e. The average Bonchev–Trinajstić information content (AvgIpc) is 3.39. The van der Waals surface area contributed by atoms with Gasteiger partial charge in [-0.1, -0.05) is 321 Å². The first-order valence-corrected chi connectivity index (χ1v) is 32.8. The third-order valence-electron chi connectivity index (χ3n) is 15.0. The van der Waals surface area contributed by atoms with E-state index in [-0.39, 0.29) is 31.1 Å². The Hall–Kier alpha value is -2.11. The Bertz CT molecular complexity index is 1180. The van der Waals surface area contributed by atoms with Crippen molar-refractivity contribution in [3.8, 4) is 0 Å². The van der Waals surface area contributed by atoms with Crippen LogP contribution in [0.3, 0.4) is 0 Å². The van der Waals surface area contributed by atoms with Crippen LogP contribution in [0.25, 0.3) is 0 Å². The summed E-state index contributed by atoms with van der Waals surface area (Å²) < 4.78 is 16.9. The third kappa shape index (κ3) is 60.6. The molecule has 0 aliphatic carbocycles. The smallest absolute Gasteiger partial charge is 0.306 e. The van der Waals surface area contributed by atoms with Crippen molar-refractivity contribution in [1.29, 1.82) is 0 Å². The number of esters is 3. The van der Waals surface area contributed by atoms with E-state index >= 15 is 0 Å². The molecule has 0 aliphatic heterocycles. The molecule has 430 valence electrons. The zero-order valence-corrected chi connectivity index (χ0v) is 49.4.